The lowest BCUT2D eigenvalue weighted by molar-refractivity contribution is 0.102. The average Bonchev–Trinajstić information content (AvgIpc) is 2.64. The number of rotatable bonds is 2. The number of hydrogen-bond donors (Lipinski definition) is 2. The van der Waals surface area contributed by atoms with Gasteiger partial charge in [-0.2, -0.15) is 15.4 Å². The highest BCUT2D eigenvalue weighted by molar-refractivity contribution is 6.03. The molecule has 5 nitrogen and oxygen atoms in total. The van der Waals surface area contributed by atoms with Crippen LogP contribution in [0.2, 0.25) is 0 Å². The van der Waals surface area contributed by atoms with Gasteiger partial charge in [-0.3, -0.25) is 4.79 Å². The summed E-state index contributed by atoms with van der Waals surface area (Å²) in [4.78, 5) is 11.8. The fraction of sp³-hybridized carbons (Fsp3) is 0.182. The Labute approximate surface area is 92.9 Å². The van der Waals surface area contributed by atoms with E-state index in [0.717, 1.165) is 11.3 Å². The topological polar surface area (TPSA) is 70.7 Å². The molecule has 0 aliphatic carbocycles. The maximum absolute atomic E-state index is 11.8. The molecule has 5 heteroatoms. The number of amides is 1. The van der Waals surface area contributed by atoms with Crippen LogP contribution in [0.3, 0.4) is 0 Å². The molecule has 1 aromatic carbocycles. The first-order chi connectivity index (χ1) is 7.66. The molecule has 2 rings (SSSR count). The highest BCUT2D eigenvalue weighted by Crippen LogP contribution is 2.11. The molecular formula is C11H12N4O. The Morgan fingerprint density at radius 3 is 2.75 bits per heavy atom. The van der Waals surface area contributed by atoms with Gasteiger partial charge in [-0.25, -0.2) is 0 Å². The fourth-order valence-corrected chi connectivity index (χ4v) is 1.41. The van der Waals surface area contributed by atoms with Crippen molar-refractivity contribution in [2.24, 2.45) is 0 Å². The molecule has 0 saturated heterocycles. The molecule has 16 heavy (non-hydrogen) atoms. The number of H-pyrrole nitrogens is 1. The number of aromatic amines is 1. The minimum absolute atomic E-state index is 0.253. The van der Waals surface area contributed by atoms with Crippen LogP contribution in [0.25, 0.3) is 0 Å². The Bertz CT molecular complexity index is 518. The second-order valence-corrected chi connectivity index (χ2v) is 3.58. The van der Waals surface area contributed by atoms with Crippen molar-refractivity contribution in [3.8, 4) is 0 Å². The maximum atomic E-state index is 11.8. The molecule has 1 aromatic heterocycles. The lowest BCUT2D eigenvalue weighted by Gasteiger charge is -2.03. The maximum Gasteiger partial charge on any atom is 0.278 e. The largest absolute Gasteiger partial charge is 0.321 e. The molecule has 0 radical (unpaired) electrons. The third-order valence-corrected chi connectivity index (χ3v) is 2.21. The second kappa shape index (κ2) is 4.14. The van der Waals surface area contributed by atoms with Crippen molar-refractivity contribution < 1.29 is 4.79 Å². The SMILES string of the molecule is Cc1cccc(NC(=O)c2n[nH]nc2C)c1. The van der Waals surface area contributed by atoms with Gasteiger partial charge in [-0.15, -0.1) is 0 Å². The number of carbonyl (C=O) groups excluding carboxylic acids is 1. The lowest BCUT2D eigenvalue weighted by atomic mass is 10.2. The van der Waals surface area contributed by atoms with Crippen LogP contribution in [0.1, 0.15) is 21.7 Å². The predicted octanol–water partition coefficient (Wildman–Crippen LogP) is 1.67. The van der Waals surface area contributed by atoms with Crippen LogP contribution in [-0.2, 0) is 0 Å². The summed E-state index contributed by atoms with van der Waals surface area (Å²) in [5.41, 5.74) is 2.76. The summed E-state index contributed by atoms with van der Waals surface area (Å²) in [6.07, 6.45) is 0. The zero-order valence-electron chi connectivity index (χ0n) is 9.11. The number of aromatic nitrogens is 3. The molecule has 1 amide bonds. The van der Waals surface area contributed by atoms with Crippen molar-refractivity contribution in [2.45, 2.75) is 13.8 Å². The van der Waals surface area contributed by atoms with Crippen molar-refractivity contribution in [3.05, 3.63) is 41.2 Å². The van der Waals surface area contributed by atoms with Gasteiger partial charge in [0.1, 0.15) is 0 Å². The van der Waals surface area contributed by atoms with Gasteiger partial charge in [0.15, 0.2) is 5.69 Å². The van der Waals surface area contributed by atoms with Crippen LogP contribution in [0.5, 0.6) is 0 Å². The van der Waals surface area contributed by atoms with E-state index in [1.54, 1.807) is 6.92 Å². The number of anilines is 1. The Balaban J connectivity index is 2.17. The van der Waals surface area contributed by atoms with Crippen LogP contribution in [-0.4, -0.2) is 21.3 Å². The summed E-state index contributed by atoms with van der Waals surface area (Å²) in [7, 11) is 0. The average molecular weight is 216 g/mol. The van der Waals surface area contributed by atoms with E-state index in [1.165, 1.54) is 0 Å². The monoisotopic (exact) mass is 216 g/mol. The van der Waals surface area contributed by atoms with Gasteiger partial charge >= 0.3 is 0 Å². The number of nitrogens with one attached hydrogen (secondary N) is 2. The van der Waals surface area contributed by atoms with Gasteiger partial charge in [0.2, 0.25) is 0 Å². The minimum atomic E-state index is -0.253. The van der Waals surface area contributed by atoms with Crippen molar-refractivity contribution in [2.75, 3.05) is 5.32 Å². The first kappa shape index (κ1) is 10.4. The van der Waals surface area contributed by atoms with Gasteiger partial charge in [-0.1, -0.05) is 12.1 Å². The van der Waals surface area contributed by atoms with Crippen molar-refractivity contribution >= 4 is 11.6 Å². The molecule has 0 bridgehead atoms. The smallest absolute Gasteiger partial charge is 0.278 e. The summed E-state index contributed by atoms with van der Waals surface area (Å²) in [5, 5.41) is 12.8. The van der Waals surface area contributed by atoms with E-state index in [9.17, 15) is 4.79 Å². The summed E-state index contributed by atoms with van der Waals surface area (Å²) in [6, 6.07) is 7.59. The van der Waals surface area contributed by atoms with Gasteiger partial charge < -0.3 is 5.32 Å². The summed E-state index contributed by atoms with van der Waals surface area (Å²) >= 11 is 0. The fourth-order valence-electron chi connectivity index (χ4n) is 1.41. The van der Waals surface area contributed by atoms with Gasteiger partial charge in [0.25, 0.3) is 5.91 Å². The van der Waals surface area contributed by atoms with Crippen molar-refractivity contribution in [1.29, 1.82) is 0 Å². The molecule has 0 fully saturated rings. The summed E-state index contributed by atoms with van der Waals surface area (Å²) in [5.74, 6) is -0.253. The molecule has 0 aliphatic heterocycles. The Morgan fingerprint density at radius 2 is 2.12 bits per heavy atom. The van der Waals surface area contributed by atoms with Gasteiger partial charge in [0.05, 0.1) is 5.69 Å². The number of nitrogens with zero attached hydrogens (tertiary/aromatic N) is 2. The van der Waals surface area contributed by atoms with Gasteiger partial charge in [-0.05, 0) is 31.5 Å². The molecule has 0 atom stereocenters. The number of aryl methyl sites for hydroxylation is 2. The Morgan fingerprint density at radius 1 is 1.31 bits per heavy atom. The Kier molecular flexibility index (Phi) is 2.68. The van der Waals surface area contributed by atoms with Crippen LogP contribution in [0.4, 0.5) is 5.69 Å². The summed E-state index contributed by atoms with van der Waals surface area (Å²) in [6.45, 7) is 3.70. The molecule has 0 aliphatic rings. The van der Waals surface area contributed by atoms with Gasteiger partial charge in [0, 0.05) is 5.69 Å². The molecule has 0 unspecified atom stereocenters. The van der Waals surface area contributed by atoms with Crippen molar-refractivity contribution in [1.82, 2.24) is 15.4 Å². The second-order valence-electron chi connectivity index (χ2n) is 3.58. The van der Waals surface area contributed by atoms with E-state index in [-0.39, 0.29) is 5.91 Å². The molecule has 0 spiro atoms. The van der Waals surface area contributed by atoms with E-state index in [1.807, 2.05) is 31.2 Å². The highest BCUT2D eigenvalue weighted by atomic mass is 16.2. The third kappa shape index (κ3) is 2.08. The van der Waals surface area contributed by atoms with Crippen LogP contribution in [0, 0.1) is 13.8 Å². The molecule has 2 aromatic rings. The van der Waals surface area contributed by atoms with Crippen LogP contribution in [0.15, 0.2) is 24.3 Å². The summed E-state index contributed by atoms with van der Waals surface area (Å²) < 4.78 is 0. The zero-order chi connectivity index (χ0) is 11.5. The molecule has 1 heterocycles. The number of hydrogen-bond acceptors (Lipinski definition) is 3. The van der Waals surface area contributed by atoms with E-state index in [2.05, 4.69) is 20.7 Å². The zero-order valence-corrected chi connectivity index (χ0v) is 9.11. The van der Waals surface area contributed by atoms with Crippen molar-refractivity contribution in [3.63, 3.8) is 0 Å². The van der Waals surface area contributed by atoms with E-state index >= 15 is 0 Å². The molecule has 82 valence electrons. The molecule has 0 saturated carbocycles. The first-order valence-corrected chi connectivity index (χ1v) is 4.92. The molecular weight excluding hydrogens is 204 g/mol. The molecule has 2 N–H and O–H groups in total. The predicted molar refractivity (Wildman–Crippen MR) is 60.3 cm³/mol. The number of benzene rings is 1. The highest BCUT2D eigenvalue weighted by Gasteiger charge is 2.12. The third-order valence-electron chi connectivity index (χ3n) is 2.21. The van der Waals surface area contributed by atoms with Crippen LogP contribution >= 0.6 is 0 Å². The van der Waals surface area contributed by atoms with E-state index in [4.69, 9.17) is 0 Å². The normalized spacial score (nSPS) is 10.1. The number of carbonyl (C=O) groups is 1. The van der Waals surface area contributed by atoms with E-state index < -0.39 is 0 Å². The van der Waals surface area contributed by atoms with Crippen LogP contribution < -0.4 is 5.32 Å². The quantitative estimate of drug-likeness (QED) is 0.802. The van der Waals surface area contributed by atoms with E-state index in [0.29, 0.717) is 11.4 Å². The first-order valence-electron chi connectivity index (χ1n) is 4.92. The lowest BCUT2D eigenvalue weighted by Crippen LogP contribution is -2.13. The minimum Gasteiger partial charge on any atom is -0.321 e. The standard InChI is InChI=1S/C11H12N4O/c1-7-4-3-5-9(6-7)12-11(16)10-8(2)13-15-14-10/h3-6H,1-2H3,(H,12,16)(H,13,14,15). The Hall–Kier alpha value is -2.17.